The Kier molecular flexibility index (Phi) is 13.2. The molecule has 8 heteroatoms. The summed E-state index contributed by atoms with van der Waals surface area (Å²) in [6.07, 6.45) is 3.23. The van der Waals surface area contributed by atoms with E-state index in [4.69, 9.17) is 9.47 Å². The Labute approximate surface area is 184 Å². The number of rotatable bonds is 10. The summed E-state index contributed by atoms with van der Waals surface area (Å²) in [5.74, 6) is 1.99. The maximum atomic E-state index is 5.80. The molecule has 2 rings (SSSR count). The summed E-state index contributed by atoms with van der Waals surface area (Å²) < 4.78 is 11.2. The topological polar surface area (TPSA) is 67.8 Å². The minimum atomic E-state index is 0. The molecule has 156 valence electrons. The van der Waals surface area contributed by atoms with Crippen LogP contribution >= 0.6 is 35.3 Å². The summed E-state index contributed by atoms with van der Waals surface area (Å²) in [4.78, 5) is 9.27. The summed E-state index contributed by atoms with van der Waals surface area (Å²) in [6, 6.07) is 0. The quantitative estimate of drug-likeness (QED) is 0.217. The first-order chi connectivity index (χ1) is 12.7. The predicted molar refractivity (Wildman–Crippen MR) is 123 cm³/mol. The molecule has 0 amide bonds. The van der Waals surface area contributed by atoms with Crippen LogP contribution in [0.5, 0.6) is 0 Å². The van der Waals surface area contributed by atoms with Gasteiger partial charge < -0.3 is 20.1 Å². The van der Waals surface area contributed by atoms with Gasteiger partial charge in [-0.2, -0.15) is 0 Å². The standard InChI is InChI=1S/C19H34N4O2S.HI/c1-4-20-19(22-12-17-14-26-18(23-17)15(2)3)21-8-5-9-25-13-16-6-10-24-11-7-16;/h14-16H,4-13H2,1-3H3,(H2,20,21,22);1H. The van der Waals surface area contributed by atoms with E-state index in [1.54, 1.807) is 11.3 Å². The molecule has 0 radical (unpaired) electrons. The Morgan fingerprint density at radius 3 is 2.81 bits per heavy atom. The highest BCUT2D eigenvalue weighted by Crippen LogP contribution is 2.19. The maximum absolute atomic E-state index is 5.80. The SMILES string of the molecule is CCNC(=NCc1csc(C(C)C)n1)NCCCOCC1CCOCC1.I. The molecule has 0 bridgehead atoms. The van der Waals surface area contributed by atoms with Crippen LogP contribution in [0, 0.1) is 5.92 Å². The third kappa shape index (κ3) is 10.0. The number of ether oxygens (including phenoxy) is 2. The van der Waals surface area contributed by atoms with Gasteiger partial charge in [-0.15, -0.1) is 35.3 Å². The third-order valence-electron chi connectivity index (χ3n) is 4.26. The van der Waals surface area contributed by atoms with Gasteiger partial charge in [-0.3, -0.25) is 0 Å². The van der Waals surface area contributed by atoms with Gasteiger partial charge >= 0.3 is 0 Å². The molecule has 0 atom stereocenters. The fourth-order valence-corrected chi connectivity index (χ4v) is 3.53. The van der Waals surface area contributed by atoms with Crippen LogP contribution in [0.2, 0.25) is 0 Å². The van der Waals surface area contributed by atoms with E-state index < -0.39 is 0 Å². The first kappa shape index (κ1) is 24.6. The van der Waals surface area contributed by atoms with Crippen molar-refractivity contribution >= 4 is 41.3 Å². The molecule has 1 aliphatic rings. The molecule has 0 spiro atoms. The largest absolute Gasteiger partial charge is 0.381 e. The Balaban J connectivity index is 0.00000364. The van der Waals surface area contributed by atoms with E-state index in [0.717, 1.165) is 70.4 Å². The lowest BCUT2D eigenvalue weighted by Gasteiger charge is -2.21. The lowest BCUT2D eigenvalue weighted by molar-refractivity contribution is 0.0203. The third-order valence-corrected chi connectivity index (χ3v) is 5.45. The average molecular weight is 510 g/mol. The van der Waals surface area contributed by atoms with E-state index in [1.165, 1.54) is 5.01 Å². The number of halogens is 1. The second kappa shape index (κ2) is 14.5. The van der Waals surface area contributed by atoms with Crippen LogP contribution in [0.25, 0.3) is 0 Å². The molecule has 6 nitrogen and oxygen atoms in total. The molecular formula is C19H35IN4O2S. The summed E-state index contributed by atoms with van der Waals surface area (Å²) in [6.45, 7) is 12.1. The monoisotopic (exact) mass is 510 g/mol. The number of hydrogen-bond donors (Lipinski definition) is 2. The van der Waals surface area contributed by atoms with Crippen molar-refractivity contribution < 1.29 is 9.47 Å². The van der Waals surface area contributed by atoms with Crippen LogP contribution in [0.1, 0.15) is 56.7 Å². The summed E-state index contributed by atoms with van der Waals surface area (Å²) >= 11 is 1.72. The van der Waals surface area contributed by atoms with Gasteiger partial charge in [0, 0.05) is 50.8 Å². The maximum Gasteiger partial charge on any atom is 0.191 e. The summed E-state index contributed by atoms with van der Waals surface area (Å²) in [7, 11) is 0. The number of hydrogen-bond acceptors (Lipinski definition) is 5. The molecule has 1 aromatic heterocycles. The average Bonchev–Trinajstić information content (AvgIpc) is 3.12. The van der Waals surface area contributed by atoms with Gasteiger partial charge in [0.2, 0.25) is 0 Å². The van der Waals surface area contributed by atoms with Gasteiger partial charge in [-0.1, -0.05) is 13.8 Å². The first-order valence-electron chi connectivity index (χ1n) is 9.81. The van der Waals surface area contributed by atoms with E-state index in [0.29, 0.717) is 18.4 Å². The second-order valence-corrected chi connectivity index (χ2v) is 7.83. The van der Waals surface area contributed by atoms with Crippen LogP contribution in [0.4, 0.5) is 0 Å². The van der Waals surface area contributed by atoms with E-state index in [9.17, 15) is 0 Å². The highest BCUT2D eigenvalue weighted by Gasteiger charge is 2.13. The normalized spacial score (nSPS) is 15.6. The smallest absolute Gasteiger partial charge is 0.191 e. The van der Waals surface area contributed by atoms with Crippen LogP contribution in [0.3, 0.4) is 0 Å². The lowest BCUT2D eigenvalue weighted by Crippen LogP contribution is -2.38. The lowest BCUT2D eigenvalue weighted by atomic mass is 10.0. The van der Waals surface area contributed by atoms with Gasteiger partial charge in [0.25, 0.3) is 0 Å². The summed E-state index contributed by atoms with van der Waals surface area (Å²) in [5, 5.41) is 9.94. The zero-order chi connectivity index (χ0) is 18.6. The van der Waals surface area contributed by atoms with Crippen molar-refractivity contribution in [1.82, 2.24) is 15.6 Å². The van der Waals surface area contributed by atoms with E-state index in [2.05, 4.69) is 46.8 Å². The van der Waals surface area contributed by atoms with Gasteiger partial charge in [-0.05, 0) is 32.1 Å². The predicted octanol–water partition coefficient (Wildman–Crippen LogP) is 3.77. The van der Waals surface area contributed by atoms with Crippen molar-refractivity contribution in [1.29, 1.82) is 0 Å². The van der Waals surface area contributed by atoms with E-state index in [-0.39, 0.29) is 24.0 Å². The van der Waals surface area contributed by atoms with Crippen molar-refractivity contribution in [3.63, 3.8) is 0 Å². The molecular weight excluding hydrogens is 475 g/mol. The van der Waals surface area contributed by atoms with Gasteiger partial charge in [0.05, 0.1) is 17.2 Å². The van der Waals surface area contributed by atoms with Crippen LogP contribution in [-0.2, 0) is 16.0 Å². The van der Waals surface area contributed by atoms with Gasteiger partial charge in [0.1, 0.15) is 0 Å². The molecule has 0 aliphatic carbocycles. The van der Waals surface area contributed by atoms with Crippen molar-refractivity contribution in [3.05, 3.63) is 16.1 Å². The van der Waals surface area contributed by atoms with E-state index in [1.807, 2.05) is 0 Å². The number of aromatic nitrogens is 1. The van der Waals surface area contributed by atoms with Gasteiger partial charge in [0.15, 0.2) is 5.96 Å². The number of nitrogens with zero attached hydrogens (tertiary/aromatic N) is 2. The summed E-state index contributed by atoms with van der Waals surface area (Å²) in [5.41, 5.74) is 1.04. The Morgan fingerprint density at radius 1 is 1.37 bits per heavy atom. The Bertz CT molecular complexity index is 534. The molecule has 1 aromatic rings. The molecule has 2 N–H and O–H groups in total. The molecule has 2 heterocycles. The number of thiazole rings is 1. The van der Waals surface area contributed by atoms with Gasteiger partial charge in [-0.25, -0.2) is 9.98 Å². The van der Waals surface area contributed by atoms with Crippen LogP contribution < -0.4 is 10.6 Å². The zero-order valence-electron chi connectivity index (χ0n) is 16.8. The molecule has 27 heavy (non-hydrogen) atoms. The first-order valence-corrected chi connectivity index (χ1v) is 10.7. The van der Waals surface area contributed by atoms with E-state index >= 15 is 0 Å². The molecule has 1 saturated heterocycles. The van der Waals surface area contributed by atoms with Crippen LogP contribution in [-0.4, -0.2) is 50.5 Å². The van der Waals surface area contributed by atoms with Crippen molar-refractivity contribution in [2.45, 2.75) is 52.5 Å². The zero-order valence-corrected chi connectivity index (χ0v) is 20.0. The minimum absolute atomic E-state index is 0. The van der Waals surface area contributed by atoms with Crippen molar-refractivity contribution in [3.8, 4) is 0 Å². The van der Waals surface area contributed by atoms with Crippen molar-refractivity contribution in [2.24, 2.45) is 10.9 Å². The highest BCUT2D eigenvalue weighted by molar-refractivity contribution is 14.0. The fourth-order valence-electron chi connectivity index (χ4n) is 2.71. The highest BCUT2D eigenvalue weighted by atomic mass is 127. The Morgan fingerprint density at radius 2 is 2.15 bits per heavy atom. The van der Waals surface area contributed by atoms with Crippen molar-refractivity contribution in [2.75, 3.05) is 39.5 Å². The minimum Gasteiger partial charge on any atom is -0.381 e. The molecule has 1 aliphatic heterocycles. The molecule has 0 unspecified atom stereocenters. The number of guanidine groups is 1. The molecule has 1 fully saturated rings. The number of aliphatic imine (C=N–C) groups is 1. The molecule has 0 saturated carbocycles. The number of nitrogens with one attached hydrogen (secondary N) is 2. The fraction of sp³-hybridized carbons (Fsp3) is 0.789. The van der Waals surface area contributed by atoms with Crippen LogP contribution in [0.15, 0.2) is 10.4 Å². The molecule has 0 aromatic carbocycles. The Hall–Kier alpha value is -0.450. The second-order valence-electron chi connectivity index (χ2n) is 6.94.